The van der Waals surface area contributed by atoms with E-state index in [1.807, 2.05) is 4.90 Å². The zero-order valence-corrected chi connectivity index (χ0v) is 12.6. The monoisotopic (exact) mass is 310 g/mol. The number of carbonyl (C=O) groups excluding carboxylic acids is 2. The molecule has 122 valence electrons. The van der Waals surface area contributed by atoms with Crippen LogP contribution >= 0.6 is 0 Å². The summed E-state index contributed by atoms with van der Waals surface area (Å²) in [6.07, 6.45) is 0.651. The van der Waals surface area contributed by atoms with E-state index < -0.39 is 0 Å². The van der Waals surface area contributed by atoms with Gasteiger partial charge in [-0.1, -0.05) is 0 Å². The van der Waals surface area contributed by atoms with Crippen molar-refractivity contribution in [3.8, 4) is 0 Å². The van der Waals surface area contributed by atoms with Gasteiger partial charge in [0.25, 0.3) is 5.91 Å². The molecule has 3 aliphatic heterocycles. The molecule has 1 N–H and O–H groups in total. The second-order valence-electron chi connectivity index (χ2n) is 5.80. The predicted octanol–water partition coefficient (Wildman–Crippen LogP) is -1.50. The molecule has 8 heteroatoms. The molecule has 0 aliphatic carbocycles. The lowest BCUT2D eigenvalue weighted by Gasteiger charge is -2.43. The molecule has 0 aromatic heterocycles. The first-order chi connectivity index (χ1) is 10.7. The summed E-state index contributed by atoms with van der Waals surface area (Å²) in [5, 5.41) is 14.3. The number of ether oxygens (including phenoxy) is 1. The Bertz CT molecular complexity index is 481. The molecular formula is C14H22N4O4. The third kappa shape index (κ3) is 3.13. The van der Waals surface area contributed by atoms with Crippen molar-refractivity contribution < 1.29 is 19.4 Å². The van der Waals surface area contributed by atoms with Crippen molar-refractivity contribution in [2.45, 2.75) is 18.9 Å². The molecule has 0 saturated carbocycles. The van der Waals surface area contributed by atoms with Crippen LogP contribution in [0.2, 0.25) is 0 Å². The van der Waals surface area contributed by atoms with E-state index >= 15 is 0 Å². The minimum atomic E-state index is -0.158. The molecule has 0 aromatic rings. The van der Waals surface area contributed by atoms with Crippen molar-refractivity contribution in [2.24, 2.45) is 5.10 Å². The summed E-state index contributed by atoms with van der Waals surface area (Å²) in [5.74, 6) is -0.239. The van der Waals surface area contributed by atoms with Gasteiger partial charge in [-0.25, -0.2) is 5.01 Å². The number of aliphatic hydroxyl groups is 1. The molecule has 3 heterocycles. The summed E-state index contributed by atoms with van der Waals surface area (Å²) in [4.78, 5) is 28.5. The molecule has 8 nitrogen and oxygen atoms in total. The summed E-state index contributed by atoms with van der Waals surface area (Å²) in [7, 11) is 0. The standard InChI is InChI=1S/C14H22N4O4/c19-7-5-18-13(20)2-1-12(15-18)14(21)17-4-3-16-6-8-22-10-11(16)9-17/h11,19H,1-10H2. The van der Waals surface area contributed by atoms with Crippen molar-refractivity contribution in [3.05, 3.63) is 0 Å². The number of amides is 2. The number of fused-ring (bicyclic) bond motifs is 1. The van der Waals surface area contributed by atoms with Crippen LogP contribution in [-0.4, -0.2) is 96.0 Å². The highest BCUT2D eigenvalue weighted by molar-refractivity contribution is 6.39. The van der Waals surface area contributed by atoms with Gasteiger partial charge in [-0.2, -0.15) is 5.10 Å². The van der Waals surface area contributed by atoms with Crippen molar-refractivity contribution >= 4 is 17.5 Å². The molecule has 0 radical (unpaired) electrons. The van der Waals surface area contributed by atoms with Crippen molar-refractivity contribution in [3.63, 3.8) is 0 Å². The van der Waals surface area contributed by atoms with Gasteiger partial charge in [-0.15, -0.1) is 0 Å². The number of β-amino-alcohol motifs (C(OH)–C–C–N with tert-alkyl or cyclic N) is 1. The fraction of sp³-hybridized carbons (Fsp3) is 0.786. The summed E-state index contributed by atoms with van der Waals surface area (Å²) in [5.41, 5.74) is 0.415. The highest BCUT2D eigenvalue weighted by Crippen LogP contribution is 2.16. The normalized spacial score (nSPS) is 26.7. The Morgan fingerprint density at radius 3 is 3.00 bits per heavy atom. The number of hydrogen-bond donors (Lipinski definition) is 1. The van der Waals surface area contributed by atoms with Gasteiger partial charge in [0.05, 0.1) is 32.4 Å². The van der Waals surface area contributed by atoms with Gasteiger partial charge in [-0.3, -0.25) is 14.5 Å². The zero-order valence-electron chi connectivity index (χ0n) is 12.6. The van der Waals surface area contributed by atoms with E-state index in [9.17, 15) is 9.59 Å². The van der Waals surface area contributed by atoms with Crippen LogP contribution in [0.5, 0.6) is 0 Å². The molecule has 0 spiro atoms. The molecule has 3 aliphatic rings. The molecular weight excluding hydrogens is 288 g/mol. The fourth-order valence-electron chi connectivity index (χ4n) is 3.14. The van der Waals surface area contributed by atoms with Crippen LogP contribution in [0.1, 0.15) is 12.8 Å². The highest BCUT2D eigenvalue weighted by Gasteiger charge is 2.34. The average Bonchev–Trinajstić information content (AvgIpc) is 2.56. The first-order valence-electron chi connectivity index (χ1n) is 7.79. The molecule has 2 saturated heterocycles. The van der Waals surface area contributed by atoms with E-state index in [4.69, 9.17) is 9.84 Å². The smallest absolute Gasteiger partial charge is 0.270 e. The average molecular weight is 310 g/mol. The first-order valence-corrected chi connectivity index (χ1v) is 7.79. The summed E-state index contributed by atoms with van der Waals surface area (Å²) < 4.78 is 5.49. The molecule has 0 aromatic carbocycles. The van der Waals surface area contributed by atoms with Gasteiger partial charge in [0, 0.05) is 39.0 Å². The van der Waals surface area contributed by atoms with Gasteiger partial charge in [0.2, 0.25) is 5.91 Å². The number of carbonyl (C=O) groups is 2. The van der Waals surface area contributed by atoms with Crippen LogP contribution in [0.4, 0.5) is 0 Å². The number of morpholine rings is 1. The lowest BCUT2D eigenvalue weighted by molar-refractivity contribution is -0.133. The minimum Gasteiger partial charge on any atom is -0.394 e. The van der Waals surface area contributed by atoms with Crippen LogP contribution < -0.4 is 0 Å². The molecule has 1 atom stereocenters. The maximum Gasteiger partial charge on any atom is 0.270 e. The Morgan fingerprint density at radius 1 is 1.32 bits per heavy atom. The van der Waals surface area contributed by atoms with E-state index in [0.29, 0.717) is 31.8 Å². The van der Waals surface area contributed by atoms with Crippen molar-refractivity contribution in [1.82, 2.24) is 14.8 Å². The number of nitrogens with zero attached hydrogens (tertiary/aromatic N) is 4. The van der Waals surface area contributed by atoms with Gasteiger partial charge in [-0.05, 0) is 0 Å². The van der Waals surface area contributed by atoms with Gasteiger partial charge in [0.1, 0.15) is 5.71 Å². The van der Waals surface area contributed by atoms with Crippen molar-refractivity contribution in [2.75, 3.05) is 52.5 Å². The Kier molecular flexibility index (Phi) is 4.70. The van der Waals surface area contributed by atoms with E-state index in [2.05, 4.69) is 10.0 Å². The third-order valence-electron chi connectivity index (χ3n) is 4.39. The predicted molar refractivity (Wildman–Crippen MR) is 78.2 cm³/mol. The molecule has 3 rings (SSSR count). The van der Waals surface area contributed by atoms with Gasteiger partial charge in [0.15, 0.2) is 0 Å². The Morgan fingerprint density at radius 2 is 2.18 bits per heavy atom. The third-order valence-corrected chi connectivity index (χ3v) is 4.39. The summed E-state index contributed by atoms with van der Waals surface area (Å²) in [6, 6.07) is 0.255. The number of hydrogen-bond acceptors (Lipinski definition) is 6. The lowest BCUT2D eigenvalue weighted by Crippen LogP contribution is -2.60. The van der Waals surface area contributed by atoms with Crippen LogP contribution in [0.15, 0.2) is 5.10 Å². The minimum absolute atomic E-state index is 0.0966. The molecule has 2 amide bonds. The molecule has 2 fully saturated rings. The van der Waals surface area contributed by atoms with E-state index in [0.717, 1.165) is 19.7 Å². The number of rotatable bonds is 3. The fourth-order valence-corrected chi connectivity index (χ4v) is 3.14. The van der Waals surface area contributed by atoms with Gasteiger partial charge < -0.3 is 14.7 Å². The maximum absolute atomic E-state index is 12.6. The van der Waals surface area contributed by atoms with Crippen LogP contribution in [0, 0.1) is 0 Å². The number of piperazine rings is 1. The maximum atomic E-state index is 12.6. The van der Waals surface area contributed by atoms with Crippen LogP contribution in [-0.2, 0) is 14.3 Å². The molecule has 1 unspecified atom stereocenters. The van der Waals surface area contributed by atoms with E-state index in [1.165, 1.54) is 5.01 Å². The Hall–Kier alpha value is -1.51. The Labute approximate surface area is 129 Å². The van der Waals surface area contributed by atoms with Gasteiger partial charge >= 0.3 is 0 Å². The first kappa shape index (κ1) is 15.4. The lowest BCUT2D eigenvalue weighted by atomic mass is 10.1. The summed E-state index contributed by atoms with van der Waals surface area (Å²) in [6.45, 7) is 4.50. The van der Waals surface area contributed by atoms with Crippen LogP contribution in [0.25, 0.3) is 0 Å². The topological polar surface area (TPSA) is 85.7 Å². The quantitative estimate of drug-likeness (QED) is 0.686. The Balaban J connectivity index is 1.65. The number of aliphatic hydroxyl groups excluding tert-OH is 1. The van der Waals surface area contributed by atoms with E-state index in [1.54, 1.807) is 0 Å². The van der Waals surface area contributed by atoms with Crippen LogP contribution in [0.3, 0.4) is 0 Å². The van der Waals surface area contributed by atoms with Crippen molar-refractivity contribution in [1.29, 1.82) is 0 Å². The zero-order chi connectivity index (χ0) is 15.5. The number of hydrazone groups is 1. The SMILES string of the molecule is O=C(C1=NN(CCO)C(=O)CC1)N1CCN2CCOCC2C1. The largest absolute Gasteiger partial charge is 0.394 e. The molecule has 22 heavy (non-hydrogen) atoms. The highest BCUT2D eigenvalue weighted by atomic mass is 16.5. The second kappa shape index (κ2) is 6.72. The van der Waals surface area contributed by atoms with E-state index in [-0.39, 0.29) is 37.4 Å². The molecule has 0 bridgehead atoms. The summed E-state index contributed by atoms with van der Waals surface area (Å²) >= 11 is 0. The second-order valence-corrected chi connectivity index (χ2v) is 5.80.